The lowest BCUT2D eigenvalue weighted by Crippen LogP contribution is -2.63. The zero-order chi connectivity index (χ0) is 25.4. The van der Waals surface area contributed by atoms with E-state index in [1.54, 1.807) is 13.0 Å². The zero-order valence-electron chi connectivity index (χ0n) is 19.3. The Labute approximate surface area is 194 Å². The first-order valence-corrected chi connectivity index (χ1v) is 10.1. The highest BCUT2D eigenvalue weighted by Gasteiger charge is 2.53. The number of carbonyl (C=O) groups excluding carboxylic acids is 4. The molecule has 0 aliphatic carbocycles. The lowest BCUT2D eigenvalue weighted by atomic mass is 9.98. The third-order valence-electron chi connectivity index (χ3n) is 4.51. The topological polar surface area (TPSA) is 172 Å². The fourth-order valence-corrected chi connectivity index (χ4v) is 3.29. The molecule has 1 saturated heterocycles. The van der Waals surface area contributed by atoms with Crippen molar-refractivity contribution in [2.75, 3.05) is 6.61 Å². The van der Waals surface area contributed by atoms with Gasteiger partial charge >= 0.3 is 23.9 Å². The van der Waals surface area contributed by atoms with Gasteiger partial charge in [0.05, 0.1) is 0 Å². The Morgan fingerprint density at radius 3 is 2.06 bits per heavy atom. The minimum Gasteiger partial charge on any atom is -0.463 e. The molecule has 34 heavy (non-hydrogen) atoms. The van der Waals surface area contributed by atoms with Crippen molar-refractivity contribution in [1.29, 1.82) is 0 Å². The standard InChI is InChI=1S/C21H25N3O10/c1-10-8-15(23-24-22)6-7-16(10)33-21-20(32-14(5)28)19(31-13(4)27)18(30-12(3)26)17(34-21)9-29-11(2)25/h6-8,17-21H,9H2,1-5H3. The van der Waals surface area contributed by atoms with Crippen molar-refractivity contribution < 1.29 is 47.6 Å². The van der Waals surface area contributed by atoms with Crippen molar-refractivity contribution in [1.82, 2.24) is 0 Å². The monoisotopic (exact) mass is 479 g/mol. The van der Waals surface area contributed by atoms with Crippen LogP contribution in [0, 0.1) is 6.92 Å². The second-order valence-corrected chi connectivity index (χ2v) is 7.32. The van der Waals surface area contributed by atoms with Crippen LogP contribution >= 0.6 is 0 Å². The van der Waals surface area contributed by atoms with Gasteiger partial charge in [0.15, 0.2) is 12.2 Å². The van der Waals surface area contributed by atoms with E-state index in [-0.39, 0.29) is 12.4 Å². The third-order valence-corrected chi connectivity index (χ3v) is 4.51. The Kier molecular flexibility index (Phi) is 9.22. The van der Waals surface area contributed by atoms with Gasteiger partial charge in [-0.1, -0.05) is 5.11 Å². The highest BCUT2D eigenvalue weighted by atomic mass is 16.7. The zero-order valence-corrected chi connectivity index (χ0v) is 19.3. The van der Waals surface area contributed by atoms with Gasteiger partial charge < -0.3 is 28.4 Å². The molecule has 0 spiro atoms. The maximum Gasteiger partial charge on any atom is 0.303 e. The van der Waals surface area contributed by atoms with E-state index in [1.807, 2.05) is 0 Å². The highest BCUT2D eigenvalue weighted by Crippen LogP contribution is 2.32. The van der Waals surface area contributed by atoms with Gasteiger partial charge in [-0.05, 0) is 36.2 Å². The van der Waals surface area contributed by atoms with E-state index in [4.69, 9.17) is 34.0 Å². The van der Waals surface area contributed by atoms with E-state index in [2.05, 4.69) is 10.0 Å². The molecule has 0 N–H and O–H groups in total. The molecule has 0 radical (unpaired) electrons. The Balaban J connectivity index is 2.49. The predicted octanol–water partition coefficient (Wildman–Crippen LogP) is 2.40. The maximum absolute atomic E-state index is 11.9. The second-order valence-electron chi connectivity index (χ2n) is 7.32. The average molecular weight is 479 g/mol. The maximum atomic E-state index is 11.9. The minimum atomic E-state index is -1.36. The lowest BCUT2D eigenvalue weighted by molar-refractivity contribution is -0.288. The van der Waals surface area contributed by atoms with Crippen LogP contribution in [0.3, 0.4) is 0 Å². The van der Waals surface area contributed by atoms with E-state index >= 15 is 0 Å². The summed E-state index contributed by atoms with van der Waals surface area (Å²) in [7, 11) is 0. The molecular formula is C21H25N3O10. The van der Waals surface area contributed by atoms with E-state index in [9.17, 15) is 19.2 Å². The second kappa shape index (κ2) is 11.9. The van der Waals surface area contributed by atoms with Crippen LogP contribution in [0.5, 0.6) is 5.75 Å². The van der Waals surface area contributed by atoms with Gasteiger partial charge in [0.2, 0.25) is 12.4 Å². The van der Waals surface area contributed by atoms with Gasteiger partial charge in [0.25, 0.3) is 0 Å². The molecule has 13 nitrogen and oxygen atoms in total. The predicted molar refractivity (Wildman–Crippen MR) is 113 cm³/mol. The summed E-state index contributed by atoms with van der Waals surface area (Å²) in [6, 6.07) is 4.56. The summed E-state index contributed by atoms with van der Waals surface area (Å²) in [5.74, 6) is -2.57. The number of hydrogen-bond acceptors (Lipinski definition) is 11. The SMILES string of the molecule is CC(=O)OCC1OC(Oc2ccc(N=[N+]=[N-])cc2C)C(OC(C)=O)C(OC(C)=O)C1OC(C)=O. The summed E-state index contributed by atoms with van der Waals surface area (Å²) in [4.78, 5) is 49.6. The van der Waals surface area contributed by atoms with Gasteiger partial charge in [0.1, 0.15) is 18.5 Å². The number of hydrogen-bond donors (Lipinski definition) is 0. The van der Waals surface area contributed by atoms with Crippen molar-refractivity contribution in [3.63, 3.8) is 0 Å². The number of ether oxygens (including phenoxy) is 6. The minimum absolute atomic E-state index is 0.276. The lowest BCUT2D eigenvalue weighted by Gasteiger charge is -2.44. The van der Waals surface area contributed by atoms with Crippen molar-refractivity contribution >= 4 is 29.6 Å². The largest absolute Gasteiger partial charge is 0.463 e. The molecule has 5 unspecified atom stereocenters. The van der Waals surface area contributed by atoms with Gasteiger partial charge in [-0.25, -0.2) is 0 Å². The van der Waals surface area contributed by atoms with Gasteiger partial charge in [-0.15, -0.1) is 0 Å². The summed E-state index contributed by atoms with van der Waals surface area (Å²) in [5.41, 5.74) is 9.51. The molecule has 1 heterocycles. The molecule has 1 fully saturated rings. The van der Waals surface area contributed by atoms with Crippen LogP contribution in [-0.4, -0.2) is 61.2 Å². The van der Waals surface area contributed by atoms with E-state index in [0.29, 0.717) is 11.3 Å². The summed E-state index contributed by atoms with van der Waals surface area (Å²) < 4.78 is 32.8. The molecule has 1 aliphatic rings. The van der Waals surface area contributed by atoms with Crippen LogP contribution in [-0.2, 0) is 42.9 Å². The Bertz CT molecular complexity index is 991. The summed E-state index contributed by atoms with van der Waals surface area (Å²) in [6.45, 7) is 5.88. The number of benzene rings is 1. The molecule has 0 aromatic heterocycles. The van der Waals surface area contributed by atoms with Gasteiger partial charge in [-0.2, -0.15) is 0 Å². The third kappa shape index (κ3) is 7.36. The number of azide groups is 1. The van der Waals surface area contributed by atoms with Crippen LogP contribution < -0.4 is 4.74 Å². The molecule has 1 aliphatic heterocycles. The fraction of sp³-hybridized carbons (Fsp3) is 0.524. The van der Waals surface area contributed by atoms with Gasteiger partial charge in [0, 0.05) is 38.3 Å². The van der Waals surface area contributed by atoms with Crippen LogP contribution in [0.15, 0.2) is 23.3 Å². The average Bonchev–Trinajstić information content (AvgIpc) is 2.72. The smallest absolute Gasteiger partial charge is 0.303 e. The Morgan fingerprint density at radius 2 is 1.53 bits per heavy atom. The number of rotatable bonds is 8. The van der Waals surface area contributed by atoms with E-state index < -0.39 is 54.6 Å². The van der Waals surface area contributed by atoms with E-state index in [1.165, 1.54) is 19.1 Å². The molecule has 0 saturated carbocycles. The number of aryl methyl sites for hydroxylation is 1. The molecule has 184 valence electrons. The van der Waals surface area contributed by atoms with E-state index in [0.717, 1.165) is 20.8 Å². The highest BCUT2D eigenvalue weighted by molar-refractivity contribution is 5.68. The van der Waals surface area contributed by atoms with Crippen LogP contribution in [0.1, 0.15) is 33.3 Å². The molecule has 1 aromatic rings. The van der Waals surface area contributed by atoms with Crippen LogP contribution in [0.25, 0.3) is 10.4 Å². The Morgan fingerprint density at radius 1 is 0.941 bits per heavy atom. The fourth-order valence-electron chi connectivity index (χ4n) is 3.29. The summed E-state index contributed by atoms with van der Waals surface area (Å²) in [6.07, 6.45) is -6.46. The van der Waals surface area contributed by atoms with Crippen LogP contribution in [0.4, 0.5) is 5.69 Å². The van der Waals surface area contributed by atoms with Crippen molar-refractivity contribution in [3.8, 4) is 5.75 Å². The molecular weight excluding hydrogens is 454 g/mol. The molecule has 13 heteroatoms. The normalized spacial score (nSPS) is 23.6. The molecule has 0 bridgehead atoms. The number of nitrogens with zero attached hydrogens (tertiary/aromatic N) is 3. The molecule has 1 aromatic carbocycles. The summed E-state index contributed by atoms with van der Waals surface area (Å²) >= 11 is 0. The van der Waals surface area contributed by atoms with Crippen molar-refractivity contribution in [2.45, 2.75) is 65.3 Å². The number of esters is 4. The quantitative estimate of drug-likeness (QED) is 0.177. The summed E-state index contributed by atoms with van der Waals surface area (Å²) in [5, 5.41) is 3.51. The molecule has 2 rings (SSSR count). The molecule has 5 atom stereocenters. The first kappa shape index (κ1) is 26.4. The van der Waals surface area contributed by atoms with Gasteiger partial charge in [-0.3, -0.25) is 19.2 Å². The number of carbonyl (C=O) groups is 4. The first-order chi connectivity index (χ1) is 16.0. The van der Waals surface area contributed by atoms with Crippen LogP contribution in [0.2, 0.25) is 0 Å². The first-order valence-electron chi connectivity index (χ1n) is 10.1. The van der Waals surface area contributed by atoms with Crippen molar-refractivity contribution in [2.24, 2.45) is 5.11 Å². The molecule has 0 amide bonds. The van der Waals surface area contributed by atoms with Crippen molar-refractivity contribution in [3.05, 3.63) is 34.2 Å². The Hall–Kier alpha value is -3.83.